The number of nitrogens with one attached hydrogen (secondary N) is 1. The van der Waals surface area contributed by atoms with Gasteiger partial charge in [0.2, 0.25) is 0 Å². The highest BCUT2D eigenvalue weighted by Gasteiger charge is 2.28. The summed E-state index contributed by atoms with van der Waals surface area (Å²) in [5, 5.41) is 14.3. The molecular weight excluding hydrogens is 450 g/mol. The van der Waals surface area contributed by atoms with Gasteiger partial charge in [-0.3, -0.25) is 9.94 Å². The van der Waals surface area contributed by atoms with Crippen molar-refractivity contribution < 1.29 is 4.74 Å². The van der Waals surface area contributed by atoms with Gasteiger partial charge in [0.25, 0.3) is 6.67 Å². The molecule has 0 amide bonds. The van der Waals surface area contributed by atoms with E-state index in [-0.39, 0.29) is 5.92 Å². The van der Waals surface area contributed by atoms with Crippen LogP contribution >= 0.6 is 11.3 Å². The maximum Gasteiger partial charge on any atom is 0.270 e. The van der Waals surface area contributed by atoms with Crippen molar-refractivity contribution in [3.05, 3.63) is 41.8 Å². The van der Waals surface area contributed by atoms with Crippen LogP contribution < -0.4 is 9.64 Å². The van der Waals surface area contributed by atoms with Crippen LogP contribution in [0, 0.1) is 6.57 Å². The van der Waals surface area contributed by atoms with Gasteiger partial charge in [0.1, 0.15) is 16.3 Å². The van der Waals surface area contributed by atoms with E-state index in [0.717, 1.165) is 52.2 Å². The van der Waals surface area contributed by atoms with Crippen LogP contribution in [0.5, 0.6) is 5.75 Å². The Morgan fingerprint density at radius 3 is 2.91 bits per heavy atom. The van der Waals surface area contributed by atoms with Gasteiger partial charge in [-0.05, 0) is 18.9 Å². The van der Waals surface area contributed by atoms with Crippen LogP contribution in [0.2, 0.25) is 0 Å². The van der Waals surface area contributed by atoms with Gasteiger partial charge in [-0.1, -0.05) is 25.2 Å². The average Bonchev–Trinajstić information content (AvgIpc) is 3.57. The van der Waals surface area contributed by atoms with Crippen molar-refractivity contribution in [2.75, 3.05) is 38.3 Å². The fourth-order valence-electron chi connectivity index (χ4n) is 4.57. The second-order valence-electron chi connectivity index (χ2n) is 8.76. The molecule has 34 heavy (non-hydrogen) atoms. The van der Waals surface area contributed by atoms with Gasteiger partial charge in [0, 0.05) is 43.0 Å². The van der Waals surface area contributed by atoms with E-state index in [0.29, 0.717) is 24.1 Å². The number of thiazole rings is 1. The summed E-state index contributed by atoms with van der Waals surface area (Å²) in [6.07, 6.45) is 5.39. The Bertz CT molecular complexity index is 1350. The molecule has 11 heteroatoms. The lowest BCUT2D eigenvalue weighted by atomic mass is 9.97. The quantitative estimate of drug-likeness (QED) is 0.423. The van der Waals surface area contributed by atoms with Crippen LogP contribution in [-0.2, 0) is 0 Å². The lowest BCUT2D eigenvalue weighted by Crippen LogP contribution is -2.51. The number of ether oxygens (including phenoxy) is 1. The molecule has 1 atom stereocenters. The molecule has 0 spiro atoms. The molecule has 5 rings (SSSR count). The fourth-order valence-corrected chi connectivity index (χ4v) is 5.63. The van der Waals surface area contributed by atoms with Crippen LogP contribution in [0.15, 0.2) is 24.8 Å². The molecule has 1 fully saturated rings. The van der Waals surface area contributed by atoms with Crippen molar-refractivity contribution in [3.8, 4) is 27.7 Å². The van der Waals surface area contributed by atoms with Gasteiger partial charge in [0.05, 0.1) is 24.7 Å². The zero-order valence-electron chi connectivity index (χ0n) is 19.7. The van der Waals surface area contributed by atoms with Crippen molar-refractivity contribution in [1.82, 2.24) is 34.7 Å². The normalized spacial score (nSPS) is 16.9. The van der Waals surface area contributed by atoms with E-state index in [9.17, 15) is 0 Å². The van der Waals surface area contributed by atoms with Gasteiger partial charge < -0.3 is 9.64 Å². The molecule has 176 valence electrons. The number of anilines is 1. The zero-order chi connectivity index (χ0) is 23.8. The average molecular weight is 478 g/mol. The van der Waals surface area contributed by atoms with E-state index in [1.54, 1.807) is 23.0 Å². The molecule has 0 aliphatic carbocycles. The number of nitrogens with zero attached hydrogens (tertiary/aromatic N) is 8. The Labute approximate surface area is 202 Å². The molecule has 0 saturated carbocycles. The lowest BCUT2D eigenvalue weighted by molar-refractivity contribution is 0.250. The van der Waals surface area contributed by atoms with Crippen molar-refractivity contribution in [2.24, 2.45) is 0 Å². The molecule has 1 aliphatic rings. The molecule has 5 heterocycles. The number of hydrogen-bond donors (Lipinski definition) is 1. The molecule has 0 unspecified atom stereocenters. The summed E-state index contributed by atoms with van der Waals surface area (Å²) < 4.78 is 7.26. The van der Waals surface area contributed by atoms with E-state index >= 15 is 0 Å². The number of pyridine rings is 1. The predicted molar refractivity (Wildman–Crippen MR) is 132 cm³/mol. The van der Waals surface area contributed by atoms with Gasteiger partial charge >= 0.3 is 0 Å². The largest absolute Gasteiger partial charge is 0.493 e. The van der Waals surface area contributed by atoms with E-state index in [1.807, 2.05) is 18.5 Å². The maximum atomic E-state index is 7.13. The Hall–Kier alpha value is -3.49. The highest BCUT2D eigenvalue weighted by molar-refractivity contribution is 7.18. The first-order chi connectivity index (χ1) is 16.5. The monoisotopic (exact) mass is 477 g/mol. The first kappa shape index (κ1) is 22.3. The molecule has 4 aromatic rings. The van der Waals surface area contributed by atoms with Crippen LogP contribution in [0.1, 0.15) is 32.3 Å². The summed E-state index contributed by atoms with van der Waals surface area (Å²) in [6, 6.07) is 2.28. The number of H-pyrrole nitrogens is 1. The smallest absolute Gasteiger partial charge is 0.270 e. The third-order valence-electron chi connectivity index (χ3n) is 6.19. The molecule has 0 radical (unpaired) electrons. The summed E-state index contributed by atoms with van der Waals surface area (Å²) in [5.41, 5.74) is 4.49. The topological polar surface area (TPSA) is 91.8 Å². The minimum Gasteiger partial charge on any atom is -0.493 e. The molecular formula is C23H27N9OS. The summed E-state index contributed by atoms with van der Waals surface area (Å²) in [7, 11) is 1.63. The van der Waals surface area contributed by atoms with E-state index in [4.69, 9.17) is 21.4 Å². The van der Waals surface area contributed by atoms with Gasteiger partial charge in [-0.25, -0.2) is 26.0 Å². The summed E-state index contributed by atoms with van der Waals surface area (Å²) in [6.45, 7) is 16.8. The molecule has 10 nitrogen and oxygen atoms in total. The number of aromatic amines is 1. The Kier molecular flexibility index (Phi) is 5.93. The Balaban J connectivity index is 1.49. The first-order valence-corrected chi connectivity index (χ1v) is 12.1. The number of piperazine rings is 1. The van der Waals surface area contributed by atoms with Gasteiger partial charge in [0.15, 0.2) is 11.4 Å². The third-order valence-corrected chi connectivity index (χ3v) is 7.24. The standard InChI is InChI=1S/C23H27N9OS/c1-14(2)19-20(16-8-17(33-5)22-26-12-27-32(22)11-16)28-29-21(19)23-25-9-18(34-23)31-7-6-30(13-24-4)10-15(31)3/h8-9,11-12,14-15H,6-7,10,13H2,1-3,5H3,(H,28,29)/t15-/m1/s1. The van der Waals surface area contributed by atoms with E-state index < -0.39 is 0 Å². The Morgan fingerprint density at radius 1 is 1.32 bits per heavy atom. The first-order valence-electron chi connectivity index (χ1n) is 11.2. The summed E-state index contributed by atoms with van der Waals surface area (Å²) in [5.74, 6) is 0.877. The van der Waals surface area contributed by atoms with Crippen molar-refractivity contribution in [1.29, 1.82) is 0 Å². The fraction of sp³-hybridized carbons (Fsp3) is 0.435. The minimum atomic E-state index is 0.227. The zero-order valence-corrected chi connectivity index (χ0v) is 20.5. The van der Waals surface area contributed by atoms with Crippen LogP contribution in [-0.4, -0.2) is 74.1 Å². The van der Waals surface area contributed by atoms with Crippen molar-refractivity contribution in [2.45, 2.75) is 32.7 Å². The highest BCUT2D eigenvalue weighted by Crippen LogP contribution is 2.40. The number of hydrogen-bond acceptors (Lipinski definition) is 8. The van der Waals surface area contributed by atoms with Gasteiger partial charge in [-0.15, -0.1) is 0 Å². The molecule has 4 aromatic heterocycles. The highest BCUT2D eigenvalue weighted by atomic mass is 32.1. The van der Waals surface area contributed by atoms with Crippen LogP contribution in [0.4, 0.5) is 5.00 Å². The second-order valence-corrected chi connectivity index (χ2v) is 9.77. The molecule has 1 saturated heterocycles. The van der Waals surface area contributed by atoms with Gasteiger partial charge in [-0.2, -0.15) is 10.2 Å². The number of methoxy groups -OCH3 is 1. The van der Waals surface area contributed by atoms with Crippen molar-refractivity contribution in [3.63, 3.8) is 0 Å². The summed E-state index contributed by atoms with van der Waals surface area (Å²) in [4.78, 5) is 17.2. The second kappa shape index (κ2) is 9.04. The summed E-state index contributed by atoms with van der Waals surface area (Å²) >= 11 is 1.67. The number of aromatic nitrogens is 6. The van der Waals surface area contributed by atoms with E-state index in [2.05, 4.69) is 50.6 Å². The van der Waals surface area contributed by atoms with E-state index in [1.165, 1.54) is 6.33 Å². The molecule has 0 bridgehead atoms. The lowest BCUT2D eigenvalue weighted by Gasteiger charge is -2.38. The SMILES string of the molecule is [C-]#[N+]CN1CCN(c2cnc(-c3[nH]nc(-c4cc(OC)c5ncnn5c4)c3C(C)C)s2)[C@H](C)C1. The Morgan fingerprint density at radius 2 is 2.18 bits per heavy atom. The number of fused-ring (bicyclic) bond motifs is 1. The maximum absolute atomic E-state index is 7.13. The minimum absolute atomic E-state index is 0.227. The van der Waals surface area contributed by atoms with Crippen molar-refractivity contribution >= 4 is 22.0 Å². The van der Waals surface area contributed by atoms with Crippen LogP contribution in [0.3, 0.4) is 0 Å². The predicted octanol–water partition coefficient (Wildman–Crippen LogP) is 3.76. The van der Waals surface area contributed by atoms with Crippen LogP contribution in [0.25, 0.3) is 32.5 Å². The molecule has 1 N–H and O–H groups in total. The molecule has 1 aliphatic heterocycles. The number of rotatable bonds is 6. The third kappa shape index (κ3) is 3.89. The molecule has 0 aromatic carbocycles.